The van der Waals surface area contributed by atoms with Crippen LogP contribution >= 0.6 is 11.8 Å². The molecule has 9 heteroatoms. The van der Waals surface area contributed by atoms with Gasteiger partial charge >= 0.3 is 0 Å². The lowest BCUT2D eigenvalue weighted by molar-refractivity contribution is -0.132. The van der Waals surface area contributed by atoms with Crippen molar-refractivity contribution in [2.24, 2.45) is 7.05 Å². The van der Waals surface area contributed by atoms with Crippen molar-refractivity contribution >= 4 is 23.6 Å². The van der Waals surface area contributed by atoms with E-state index in [4.69, 9.17) is 4.74 Å². The van der Waals surface area contributed by atoms with Crippen LogP contribution in [0, 0.1) is 0 Å². The Morgan fingerprint density at radius 3 is 2.85 bits per heavy atom. The summed E-state index contributed by atoms with van der Waals surface area (Å²) in [7, 11) is 5.10. The molecule has 2 amide bonds. The van der Waals surface area contributed by atoms with Gasteiger partial charge in [-0.1, -0.05) is 23.9 Å². The fourth-order valence-electron chi connectivity index (χ4n) is 2.50. The van der Waals surface area contributed by atoms with Crippen LogP contribution in [0.15, 0.2) is 29.4 Å². The van der Waals surface area contributed by atoms with E-state index in [2.05, 4.69) is 15.5 Å². The largest absolute Gasteiger partial charge is 0.497 e. The number of hydrogen-bond acceptors (Lipinski definition) is 6. The second-order valence-electron chi connectivity index (χ2n) is 6.48. The summed E-state index contributed by atoms with van der Waals surface area (Å²) >= 11 is 1.30. The Balaban J connectivity index is 1.57. The van der Waals surface area contributed by atoms with E-state index in [1.807, 2.05) is 35.9 Å². The first-order valence-electron chi connectivity index (χ1n) is 8.68. The van der Waals surface area contributed by atoms with Gasteiger partial charge in [0.15, 0.2) is 11.0 Å². The Morgan fingerprint density at radius 1 is 1.37 bits per heavy atom. The normalized spacial score (nSPS) is 13.3. The van der Waals surface area contributed by atoms with Gasteiger partial charge in [-0.2, -0.15) is 0 Å². The predicted molar refractivity (Wildman–Crippen MR) is 103 cm³/mol. The maximum absolute atomic E-state index is 12.3. The van der Waals surface area contributed by atoms with Crippen LogP contribution < -0.4 is 10.1 Å². The van der Waals surface area contributed by atoms with E-state index in [0.29, 0.717) is 17.0 Å². The van der Waals surface area contributed by atoms with Gasteiger partial charge in [0.2, 0.25) is 11.8 Å². The van der Waals surface area contributed by atoms with Crippen molar-refractivity contribution in [1.82, 2.24) is 25.0 Å². The maximum atomic E-state index is 12.3. The van der Waals surface area contributed by atoms with Gasteiger partial charge in [0.25, 0.3) is 0 Å². The molecule has 1 aliphatic rings. The van der Waals surface area contributed by atoms with Crippen LogP contribution in [0.2, 0.25) is 0 Å². The Morgan fingerprint density at radius 2 is 2.15 bits per heavy atom. The first kappa shape index (κ1) is 19.2. The summed E-state index contributed by atoms with van der Waals surface area (Å²) in [4.78, 5) is 25.5. The molecule has 1 aromatic heterocycles. The molecule has 0 bridgehead atoms. The number of hydrogen-bond donors (Lipinski definition) is 1. The molecule has 1 aromatic carbocycles. The highest BCUT2D eigenvalue weighted by Crippen LogP contribution is 2.25. The number of aromatic nitrogens is 3. The lowest BCUT2D eigenvalue weighted by Crippen LogP contribution is -2.39. The summed E-state index contributed by atoms with van der Waals surface area (Å²) in [5, 5.41) is 11.9. The number of benzene rings is 1. The molecule has 3 rings (SSSR count). The zero-order chi connectivity index (χ0) is 19.4. The first-order chi connectivity index (χ1) is 13.0. The van der Waals surface area contributed by atoms with Crippen LogP contribution in [-0.4, -0.2) is 64.0 Å². The fraction of sp³-hybridized carbons (Fsp3) is 0.444. The van der Waals surface area contributed by atoms with Gasteiger partial charge < -0.3 is 19.5 Å². The molecular formula is C18H23N5O3S. The number of likely N-dealkylation sites (N-methyl/N-ethyl adjacent to an activating group) is 1. The molecule has 0 unspecified atom stereocenters. The molecule has 0 saturated heterocycles. The molecule has 8 nitrogen and oxygen atoms in total. The van der Waals surface area contributed by atoms with Crippen molar-refractivity contribution in [3.8, 4) is 17.1 Å². The molecule has 0 radical (unpaired) electrons. The molecule has 1 N–H and O–H groups in total. The SMILES string of the molecule is COc1cccc(-c2nnc(SCC(=O)N(C)CC(=O)NC3CC3)n2C)c1. The summed E-state index contributed by atoms with van der Waals surface area (Å²) in [6, 6.07) is 7.86. The van der Waals surface area contributed by atoms with Gasteiger partial charge in [-0.05, 0) is 25.0 Å². The van der Waals surface area contributed by atoms with Crippen LogP contribution in [0.25, 0.3) is 11.4 Å². The third-order valence-corrected chi connectivity index (χ3v) is 5.24. The van der Waals surface area contributed by atoms with Crippen molar-refractivity contribution in [2.45, 2.75) is 24.0 Å². The Labute approximate surface area is 162 Å². The van der Waals surface area contributed by atoms with Crippen molar-refractivity contribution in [3.05, 3.63) is 24.3 Å². The van der Waals surface area contributed by atoms with E-state index in [9.17, 15) is 9.59 Å². The van der Waals surface area contributed by atoms with Gasteiger partial charge in [-0.25, -0.2) is 0 Å². The fourth-order valence-corrected chi connectivity index (χ4v) is 3.35. The summed E-state index contributed by atoms with van der Waals surface area (Å²) < 4.78 is 7.08. The lowest BCUT2D eigenvalue weighted by atomic mass is 10.2. The highest BCUT2D eigenvalue weighted by atomic mass is 32.2. The number of nitrogens with zero attached hydrogens (tertiary/aromatic N) is 4. The zero-order valence-corrected chi connectivity index (χ0v) is 16.5. The maximum Gasteiger partial charge on any atom is 0.239 e. The van der Waals surface area contributed by atoms with Crippen LogP contribution in [-0.2, 0) is 16.6 Å². The van der Waals surface area contributed by atoms with Crippen molar-refractivity contribution in [2.75, 3.05) is 26.5 Å². The standard InChI is InChI=1S/C18H23N5O3S/c1-22(10-15(24)19-13-7-8-13)16(25)11-27-18-21-20-17(23(18)2)12-5-4-6-14(9-12)26-3/h4-6,9,13H,7-8,10-11H2,1-3H3,(H,19,24). The third kappa shape index (κ3) is 5.00. The number of thioether (sulfide) groups is 1. The predicted octanol–water partition coefficient (Wildman–Crippen LogP) is 1.32. The minimum Gasteiger partial charge on any atom is -0.497 e. The van der Waals surface area contributed by atoms with Crippen molar-refractivity contribution < 1.29 is 14.3 Å². The summed E-state index contributed by atoms with van der Waals surface area (Å²) in [6.45, 7) is 0.0732. The van der Waals surface area contributed by atoms with E-state index in [1.54, 1.807) is 14.2 Å². The van der Waals surface area contributed by atoms with Crippen LogP contribution in [0.5, 0.6) is 5.75 Å². The molecule has 1 aliphatic carbocycles. The average molecular weight is 389 g/mol. The van der Waals surface area contributed by atoms with Gasteiger partial charge in [-0.15, -0.1) is 10.2 Å². The quantitative estimate of drug-likeness (QED) is 0.685. The summed E-state index contributed by atoms with van der Waals surface area (Å²) in [5.74, 6) is 1.39. The average Bonchev–Trinajstić information content (AvgIpc) is 3.39. The number of nitrogens with one attached hydrogen (secondary N) is 1. The highest BCUT2D eigenvalue weighted by Gasteiger charge is 2.24. The zero-order valence-electron chi connectivity index (χ0n) is 15.6. The second kappa shape index (κ2) is 8.43. The summed E-state index contributed by atoms with van der Waals surface area (Å²) in [5.41, 5.74) is 0.886. The Hall–Kier alpha value is -2.55. The minimum absolute atomic E-state index is 0.0732. The molecule has 0 spiro atoms. The van der Waals surface area contributed by atoms with E-state index < -0.39 is 0 Å². The van der Waals surface area contributed by atoms with Gasteiger partial charge in [0.05, 0.1) is 19.4 Å². The molecule has 1 fully saturated rings. The second-order valence-corrected chi connectivity index (χ2v) is 7.42. The highest BCUT2D eigenvalue weighted by molar-refractivity contribution is 7.99. The molecule has 1 heterocycles. The van der Waals surface area contributed by atoms with E-state index >= 15 is 0 Å². The molecule has 0 aliphatic heterocycles. The molecule has 27 heavy (non-hydrogen) atoms. The molecule has 144 valence electrons. The van der Waals surface area contributed by atoms with Gasteiger partial charge in [0.1, 0.15) is 5.75 Å². The van der Waals surface area contributed by atoms with Crippen molar-refractivity contribution in [1.29, 1.82) is 0 Å². The Kier molecular flexibility index (Phi) is 6.00. The van der Waals surface area contributed by atoms with Gasteiger partial charge in [-0.3, -0.25) is 9.59 Å². The van der Waals surface area contributed by atoms with Crippen molar-refractivity contribution in [3.63, 3.8) is 0 Å². The third-order valence-electron chi connectivity index (χ3n) is 4.24. The molecular weight excluding hydrogens is 366 g/mol. The van der Waals surface area contributed by atoms with E-state index in [1.165, 1.54) is 16.7 Å². The Bertz CT molecular complexity index is 834. The first-order valence-corrected chi connectivity index (χ1v) is 9.66. The molecule has 0 atom stereocenters. The smallest absolute Gasteiger partial charge is 0.239 e. The number of methoxy groups -OCH3 is 1. The van der Waals surface area contributed by atoms with Gasteiger partial charge in [0, 0.05) is 25.7 Å². The van der Waals surface area contributed by atoms with Crippen LogP contribution in [0.4, 0.5) is 0 Å². The number of carbonyl (C=O) groups excluding carboxylic acids is 2. The number of carbonyl (C=O) groups is 2. The summed E-state index contributed by atoms with van der Waals surface area (Å²) in [6.07, 6.45) is 2.06. The van der Waals surface area contributed by atoms with Crippen LogP contribution in [0.1, 0.15) is 12.8 Å². The topological polar surface area (TPSA) is 89.4 Å². The van der Waals surface area contributed by atoms with E-state index in [-0.39, 0.29) is 24.1 Å². The number of rotatable bonds is 8. The van der Waals surface area contributed by atoms with Crippen LogP contribution in [0.3, 0.4) is 0 Å². The number of ether oxygens (including phenoxy) is 1. The minimum atomic E-state index is -0.128. The van der Waals surface area contributed by atoms with E-state index in [0.717, 1.165) is 24.2 Å². The monoisotopic (exact) mass is 389 g/mol. The molecule has 2 aromatic rings. The molecule has 1 saturated carbocycles. The lowest BCUT2D eigenvalue weighted by Gasteiger charge is -2.16. The number of amides is 2.